The second-order valence-electron chi connectivity index (χ2n) is 4.12. The van der Waals surface area contributed by atoms with Gasteiger partial charge >= 0.3 is 0 Å². The molecule has 0 aromatic rings. The van der Waals surface area contributed by atoms with E-state index in [4.69, 9.17) is 15.2 Å². The Morgan fingerprint density at radius 2 is 2.06 bits per heavy atom. The van der Waals surface area contributed by atoms with Crippen LogP contribution in [-0.2, 0) is 14.3 Å². The summed E-state index contributed by atoms with van der Waals surface area (Å²) in [6.07, 6.45) is 1.15. The van der Waals surface area contributed by atoms with Crippen LogP contribution < -0.4 is 11.1 Å². The van der Waals surface area contributed by atoms with Crippen LogP contribution in [-0.4, -0.2) is 43.9 Å². The van der Waals surface area contributed by atoms with Gasteiger partial charge in [-0.3, -0.25) is 4.79 Å². The van der Waals surface area contributed by atoms with Crippen LogP contribution in [0.3, 0.4) is 0 Å². The number of carbonyl (C=O) groups is 1. The van der Waals surface area contributed by atoms with Crippen LogP contribution >= 0.6 is 12.4 Å². The molecule has 1 aliphatic heterocycles. The molecule has 1 aliphatic rings. The predicted octanol–water partition coefficient (Wildman–Crippen LogP) is 0.457. The number of hydrogen-bond donors (Lipinski definition) is 2. The minimum atomic E-state index is -0.488. The summed E-state index contributed by atoms with van der Waals surface area (Å²) in [4.78, 5) is 11.9. The molecule has 5 nitrogen and oxygen atoms in total. The number of nitrogens with one attached hydrogen (secondary N) is 1. The number of halogens is 1. The zero-order valence-electron chi connectivity index (χ0n) is 10.5. The first-order valence-electron chi connectivity index (χ1n) is 5.89. The zero-order valence-corrected chi connectivity index (χ0v) is 11.3. The number of carbonyl (C=O) groups excluding carboxylic acids is 1. The summed E-state index contributed by atoms with van der Waals surface area (Å²) >= 11 is 0. The van der Waals surface area contributed by atoms with Crippen molar-refractivity contribution in [3.8, 4) is 0 Å². The van der Waals surface area contributed by atoms with E-state index in [1.807, 2.05) is 13.8 Å². The highest BCUT2D eigenvalue weighted by Gasteiger charge is 2.31. The van der Waals surface area contributed by atoms with Crippen molar-refractivity contribution in [1.82, 2.24) is 5.32 Å². The van der Waals surface area contributed by atoms with Gasteiger partial charge < -0.3 is 20.5 Å². The van der Waals surface area contributed by atoms with Crippen molar-refractivity contribution in [2.75, 3.05) is 26.4 Å². The van der Waals surface area contributed by atoms with Crippen molar-refractivity contribution in [1.29, 1.82) is 0 Å². The van der Waals surface area contributed by atoms with E-state index in [1.165, 1.54) is 0 Å². The highest BCUT2D eigenvalue weighted by molar-refractivity contribution is 5.85. The molecule has 1 atom stereocenters. The van der Waals surface area contributed by atoms with Crippen LogP contribution in [0.2, 0.25) is 0 Å². The van der Waals surface area contributed by atoms with E-state index in [1.54, 1.807) is 0 Å². The third-order valence-corrected chi connectivity index (χ3v) is 3.24. The fraction of sp³-hybridized carbons (Fsp3) is 0.909. The molecular formula is C11H23ClN2O3. The summed E-state index contributed by atoms with van der Waals surface area (Å²) in [6.45, 7) is 5.86. The van der Waals surface area contributed by atoms with Gasteiger partial charge in [0, 0.05) is 6.54 Å². The Morgan fingerprint density at radius 3 is 2.47 bits per heavy atom. The van der Waals surface area contributed by atoms with Crippen molar-refractivity contribution in [2.45, 2.75) is 38.3 Å². The second kappa shape index (κ2) is 7.87. The average molecular weight is 267 g/mol. The molecule has 17 heavy (non-hydrogen) atoms. The van der Waals surface area contributed by atoms with Crippen molar-refractivity contribution in [3.05, 3.63) is 0 Å². The third kappa shape index (κ3) is 4.43. The van der Waals surface area contributed by atoms with Gasteiger partial charge in [0.1, 0.15) is 0 Å². The first kappa shape index (κ1) is 16.6. The number of amides is 1. The lowest BCUT2D eigenvalue weighted by molar-refractivity contribution is -0.149. The monoisotopic (exact) mass is 266 g/mol. The van der Waals surface area contributed by atoms with E-state index in [9.17, 15) is 4.79 Å². The second-order valence-corrected chi connectivity index (χ2v) is 4.12. The maximum absolute atomic E-state index is 11.9. The summed E-state index contributed by atoms with van der Waals surface area (Å²) in [6, 6.07) is 0. The Labute approximate surface area is 109 Å². The van der Waals surface area contributed by atoms with Crippen LogP contribution in [0.25, 0.3) is 0 Å². The lowest BCUT2D eigenvalue weighted by Gasteiger charge is -2.33. The third-order valence-electron chi connectivity index (χ3n) is 3.24. The Morgan fingerprint density at radius 1 is 1.41 bits per heavy atom. The van der Waals surface area contributed by atoms with Gasteiger partial charge in [-0.2, -0.15) is 0 Å². The molecule has 0 aromatic heterocycles. The largest absolute Gasteiger partial charge is 0.376 e. The number of ether oxygens (including phenoxy) is 2. The molecule has 102 valence electrons. The molecule has 1 rings (SSSR count). The smallest absolute Gasteiger partial charge is 0.252 e. The molecule has 6 heteroatoms. The summed E-state index contributed by atoms with van der Waals surface area (Å²) in [7, 11) is 0. The standard InChI is InChI=1S/C11H22N2O3.ClH/c1-3-11(4-2,8-12)13-10(14)9-7-15-5-6-16-9;/h9H,3-8,12H2,1-2H3,(H,13,14);1H. The molecule has 0 radical (unpaired) electrons. The molecule has 1 amide bonds. The SMILES string of the molecule is CCC(CC)(CN)NC(=O)C1COCCO1.Cl. The van der Waals surface area contributed by atoms with Crippen molar-refractivity contribution < 1.29 is 14.3 Å². The molecule has 0 aliphatic carbocycles. The molecule has 0 spiro atoms. The summed E-state index contributed by atoms with van der Waals surface area (Å²) in [5.41, 5.74) is 5.41. The Bertz CT molecular complexity index is 220. The summed E-state index contributed by atoms with van der Waals surface area (Å²) in [5.74, 6) is -0.117. The Balaban J connectivity index is 0.00000256. The van der Waals surface area contributed by atoms with Crippen LogP contribution in [0.5, 0.6) is 0 Å². The normalized spacial score (nSPS) is 20.5. The maximum atomic E-state index is 11.9. The molecular weight excluding hydrogens is 244 g/mol. The molecule has 0 bridgehead atoms. The Kier molecular flexibility index (Phi) is 7.70. The molecule has 1 saturated heterocycles. The van der Waals surface area contributed by atoms with Crippen molar-refractivity contribution >= 4 is 18.3 Å². The van der Waals surface area contributed by atoms with E-state index < -0.39 is 6.10 Å². The van der Waals surface area contributed by atoms with Gasteiger partial charge in [-0.15, -0.1) is 12.4 Å². The van der Waals surface area contributed by atoms with E-state index in [-0.39, 0.29) is 23.9 Å². The van der Waals surface area contributed by atoms with Crippen LogP contribution in [0.15, 0.2) is 0 Å². The lowest BCUT2D eigenvalue weighted by atomic mass is 9.92. The highest BCUT2D eigenvalue weighted by Crippen LogP contribution is 2.14. The van der Waals surface area contributed by atoms with Gasteiger partial charge in [-0.1, -0.05) is 13.8 Å². The van der Waals surface area contributed by atoms with E-state index >= 15 is 0 Å². The summed E-state index contributed by atoms with van der Waals surface area (Å²) in [5, 5.41) is 2.98. The molecule has 3 N–H and O–H groups in total. The highest BCUT2D eigenvalue weighted by atomic mass is 35.5. The summed E-state index contributed by atoms with van der Waals surface area (Å²) < 4.78 is 10.5. The average Bonchev–Trinajstić information content (AvgIpc) is 2.37. The predicted molar refractivity (Wildman–Crippen MR) is 68.3 cm³/mol. The number of hydrogen-bond acceptors (Lipinski definition) is 4. The quantitative estimate of drug-likeness (QED) is 0.758. The first-order chi connectivity index (χ1) is 7.67. The topological polar surface area (TPSA) is 73.6 Å². The van der Waals surface area contributed by atoms with Gasteiger partial charge in [-0.25, -0.2) is 0 Å². The van der Waals surface area contributed by atoms with Gasteiger partial charge in [0.15, 0.2) is 6.10 Å². The minimum absolute atomic E-state index is 0. The number of rotatable bonds is 5. The van der Waals surface area contributed by atoms with E-state index in [0.29, 0.717) is 26.4 Å². The molecule has 1 fully saturated rings. The van der Waals surface area contributed by atoms with Gasteiger partial charge in [0.2, 0.25) is 0 Å². The van der Waals surface area contributed by atoms with Gasteiger partial charge in [-0.05, 0) is 12.8 Å². The minimum Gasteiger partial charge on any atom is -0.376 e. The van der Waals surface area contributed by atoms with Gasteiger partial charge in [0.25, 0.3) is 5.91 Å². The van der Waals surface area contributed by atoms with Gasteiger partial charge in [0.05, 0.1) is 25.4 Å². The van der Waals surface area contributed by atoms with Crippen LogP contribution in [0.1, 0.15) is 26.7 Å². The molecule has 0 saturated carbocycles. The lowest BCUT2D eigenvalue weighted by Crippen LogP contribution is -2.57. The van der Waals surface area contributed by atoms with Crippen LogP contribution in [0.4, 0.5) is 0 Å². The maximum Gasteiger partial charge on any atom is 0.252 e. The fourth-order valence-electron chi connectivity index (χ4n) is 1.75. The van der Waals surface area contributed by atoms with Crippen molar-refractivity contribution in [3.63, 3.8) is 0 Å². The fourth-order valence-corrected chi connectivity index (χ4v) is 1.75. The molecule has 1 heterocycles. The first-order valence-corrected chi connectivity index (χ1v) is 5.89. The van der Waals surface area contributed by atoms with E-state index in [0.717, 1.165) is 12.8 Å². The zero-order chi connectivity index (χ0) is 12.0. The van der Waals surface area contributed by atoms with E-state index in [2.05, 4.69) is 5.32 Å². The number of nitrogens with two attached hydrogens (primary N) is 1. The molecule has 1 unspecified atom stereocenters. The molecule has 0 aromatic carbocycles. The van der Waals surface area contributed by atoms with Crippen molar-refractivity contribution in [2.24, 2.45) is 5.73 Å². The Hall–Kier alpha value is -0.360. The van der Waals surface area contributed by atoms with Crippen LogP contribution in [0, 0.1) is 0 Å².